The first-order chi connectivity index (χ1) is 8.88. The Labute approximate surface area is 123 Å². The lowest BCUT2D eigenvalue weighted by molar-refractivity contribution is -0.137. The zero-order chi connectivity index (χ0) is 14.0. The van der Waals surface area contributed by atoms with E-state index in [9.17, 15) is 18.0 Å². The van der Waals surface area contributed by atoms with Gasteiger partial charge < -0.3 is 4.90 Å². The summed E-state index contributed by atoms with van der Waals surface area (Å²) in [7, 11) is 0. The summed E-state index contributed by atoms with van der Waals surface area (Å²) in [5.74, 6) is -0.302. The molecule has 104 valence electrons. The Bertz CT molecular complexity index is 481. The van der Waals surface area contributed by atoms with Crippen molar-refractivity contribution >= 4 is 28.5 Å². The van der Waals surface area contributed by atoms with Crippen molar-refractivity contribution < 1.29 is 18.0 Å². The third-order valence-electron chi connectivity index (χ3n) is 3.12. The van der Waals surface area contributed by atoms with Crippen LogP contribution in [0.4, 0.5) is 13.2 Å². The van der Waals surface area contributed by atoms with E-state index in [1.165, 1.54) is 6.07 Å². The van der Waals surface area contributed by atoms with Crippen LogP contribution in [0.15, 0.2) is 18.2 Å². The van der Waals surface area contributed by atoms with Crippen molar-refractivity contribution in [3.63, 3.8) is 0 Å². The predicted molar refractivity (Wildman–Crippen MR) is 73.9 cm³/mol. The van der Waals surface area contributed by atoms with E-state index < -0.39 is 11.7 Å². The van der Waals surface area contributed by atoms with Crippen LogP contribution in [0, 0.1) is 3.57 Å². The lowest BCUT2D eigenvalue weighted by atomic mass is 10.1. The number of nitrogens with zero attached hydrogens (tertiary/aromatic N) is 1. The van der Waals surface area contributed by atoms with Gasteiger partial charge in [0.15, 0.2) is 0 Å². The minimum absolute atomic E-state index is 0.126. The summed E-state index contributed by atoms with van der Waals surface area (Å²) in [5.41, 5.74) is -0.638. The largest absolute Gasteiger partial charge is 0.416 e. The Morgan fingerprint density at radius 1 is 1.11 bits per heavy atom. The molecule has 2 rings (SSSR count). The molecule has 0 saturated carbocycles. The van der Waals surface area contributed by atoms with Crippen LogP contribution in [0.25, 0.3) is 0 Å². The van der Waals surface area contributed by atoms with E-state index >= 15 is 0 Å². The first-order valence-electron chi connectivity index (χ1n) is 6.05. The highest BCUT2D eigenvalue weighted by Gasteiger charge is 2.32. The van der Waals surface area contributed by atoms with Crippen molar-refractivity contribution in [1.29, 1.82) is 0 Å². The maximum absolute atomic E-state index is 12.7. The highest BCUT2D eigenvalue weighted by molar-refractivity contribution is 14.1. The molecule has 0 atom stereocenters. The zero-order valence-corrected chi connectivity index (χ0v) is 12.3. The van der Waals surface area contributed by atoms with Gasteiger partial charge in [-0.2, -0.15) is 13.2 Å². The molecule has 1 amide bonds. The summed E-state index contributed by atoms with van der Waals surface area (Å²) in [6.45, 7) is 1.26. The average Bonchev–Trinajstić information content (AvgIpc) is 2.37. The molecule has 0 N–H and O–H groups in total. The number of halogens is 4. The molecular formula is C13H13F3INO. The third-order valence-corrected chi connectivity index (χ3v) is 3.74. The molecule has 0 radical (unpaired) electrons. The molecule has 0 bridgehead atoms. The number of hydrogen-bond acceptors (Lipinski definition) is 1. The van der Waals surface area contributed by atoms with Gasteiger partial charge in [-0.15, -0.1) is 0 Å². The Hall–Kier alpha value is -0.790. The van der Waals surface area contributed by atoms with Crippen LogP contribution in [0.5, 0.6) is 0 Å². The maximum atomic E-state index is 12.7. The van der Waals surface area contributed by atoms with Crippen LogP contribution in [0.2, 0.25) is 0 Å². The number of benzene rings is 1. The molecule has 1 aliphatic rings. The summed E-state index contributed by atoms with van der Waals surface area (Å²) in [4.78, 5) is 13.8. The van der Waals surface area contributed by atoms with E-state index in [4.69, 9.17) is 0 Å². The molecule has 1 aromatic rings. The molecule has 0 unspecified atom stereocenters. The van der Waals surface area contributed by atoms with Gasteiger partial charge in [-0.05, 0) is 60.1 Å². The van der Waals surface area contributed by atoms with Crippen LogP contribution in [-0.2, 0) is 6.18 Å². The van der Waals surface area contributed by atoms with E-state index in [2.05, 4.69) is 0 Å². The highest BCUT2D eigenvalue weighted by atomic mass is 127. The molecule has 1 heterocycles. The van der Waals surface area contributed by atoms with E-state index in [1.807, 2.05) is 0 Å². The van der Waals surface area contributed by atoms with Gasteiger partial charge in [-0.1, -0.05) is 0 Å². The van der Waals surface area contributed by atoms with Gasteiger partial charge in [0, 0.05) is 22.2 Å². The first kappa shape index (κ1) is 14.6. The SMILES string of the molecule is O=C(c1cc(I)cc(C(F)(F)F)c1)N1CCCCC1. The number of likely N-dealkylation sites (tertiary alicyclic amines) is 1. The van der Waals surface area contributed by atoms with Crippen LogP contribution in [0.1, 0.15) is 35.2 Å². The molecule has 0 spiro atoms. The van der Waals surface area contributed by atoms with Crippen molar-refractivity contribution in [2.24, 2.45) is 0 Å². The molecule has 2 nitrogen and oxygen atoms in total. The van der Waals surface area contributed by atoms with E-state index in [0.717, 1.165) is 31.4 Å². The van der Waals surface area contributed by atoms with Gasteiger partial charge in [0.25, 0.3) is 5.91 Å². The summed E-state index contributed by atoms with van der Waals surface area (Å²) in [6.07, 6.45) is -1.51. The second-order valence-corrected chi connectivity index (χ2v) is 5.82. The van der Waals surface area contributed by atoms with Crippen molar-refractivity contribution in [2.75, 3.05) is 13.1 Å². The monoisotopic (exact) mass is 383 g/mol. The van der Waals surface area contributed by atoms with Gasteiger partial charge in [0.05, 0.1) is 5.56 Å². The van der Waals surface area contributed by atoms with Crippen molar-refractivity contribution in [3.05, 3.63) is 32.9 Å². The van der Waals surface area contributed by atoms with Crippen LogP contribution in [0.3, 0.4) is 0 Å². The zero-order valence-electron chi connectivity index (χ0n) is 10.1. The number of carbonyl (C=O) groups excluding carboxylic acids is 1. The number of alkyl halides is 3. The van der Waals surface area contributed by atoms with Crippen LogP contribution >= 0.6 is 22.6 Å². The van der Waals surface area contributed by atoms with Crippen molar-refractivity contribution in [2.45, 2.75) is 25.4 Å². The number of carbonyl (C=O) groups is 1. The second-order valence-electron chi connectivity index (χ2n) is 4.58. The van der Waals surface area contributed by atoms with E-state index in [1.54, 1.807) is 27.5 Å². The predicted octanol–water partition coefficient (Wildman–Crippen LogP) is 3.94. The topological polar surface area (TPSA) is 20.3 Å². The lowest BCUT2D eigenvalue weighted by Gasteiger charge is -2.27. The molecule has 0 aromatic heterocycles. The quantitative estimate of drug-likeness (QED) is 0.673. The summed E-state index contributed by atoms with van der Waals surface area (Å²) in [5, 5.41) is 0. The van der Waals surface area contributed by atoms with E-state index in [-0.39, 0.29) is 11.5 Å². The number of piperidine rings is 1. The molecule has 1 fully saturated rings. The molecule has 0 aliphatic carbocycles. The normalized spacial score (nSPS) is 16.5. The maximum Gasteiger partial charge on any atom is 0.416 e. The molecule has 1 aliphatic heterocycles. The van der Waals surface area contributed by atoms with Gasteiger partial charge in [0.1, 0.15) is 0 Å². The molecular weight excluding hydrogens is 370 g/mol. The van der Waals surface area contributed by atoms with Crippen LogP contribution < -0.4 is 0 Å². The molecule has 1 saturated heterocycles. The van der Waals surface area contributed by atoms with E-state index in [0.29, 0.717) is 16.7 Å². The standard InChI is InChI=1S/C13H13F3INO/c14-13(15,16)10-6-9(7-11(17)8-10)12(19)18-4-2-1-3-5-18/h6-8H,1-5H2. The Morgan fingerprint density at radius 3 is 2.32 bits per heavy atom. The number of rotatable bonds is 1. The Balaban J connectivity index is 2.28. The minimum Gasteiger partial charge on any atom is -0.339 e. The highest BCUT2D eigenvalue weighted by Crippen LogP contribution is 2.31. The second kappa shape index (κ2) is 5.68. The van der Waals surface area contributed by atoms with Gasteiger partial charge in [-0.25, -0.2) is 0 Å². The average molecular weight is 383 g/mol. The fourth-order valence-corrected chi connectivity index (χ4v) is 2.83. The Kier molecular flexibility index (Phi) is 4.37. The first-order valence-corrected chi connectivity index (χ1v) is 7.13. The van der Waals surface area contributed by atoms with Gasteiger partial charge in [-0.3, -0.25) is 4.79 Å². The fourth-order valence-electron chi connectivity index (χ4n) is 2.16. The third kappa shape index (κ3) is 3.61. The fraction of sp³-hybridized carbons (Fsp3) is 0.462. The number of amides is 1. The van der Waals surface area contributed by atoms with Gasteiger partial charge >= 0.3 is 6.18 Å². The molecule has 19 heavy (non-hydrogen) atoms. The molecule has 1 aromatic carbocycles. The smallest absolute Gasteiger partial charge is 0.339 e. The summed E-state index contributed by atoms with van der Waals surface area (Å²) >= 11 is 1.80. The van der Waals surface area contributed by atoms with Gasteiger partial charge in [0.2, 0.25) is 0 Å². The minimum atomic E-state index is -4.42. The summed E-state index contributed by atoms with van der Waals surface area (Å²) in [6, 6.07) is 3.50. The Morgan fingerprint density at radius 2 is 1.74 bits per heavy atom. The van der Waals surface area contributed by atoms with Crippen LogP contribution in [-0.4, -0.2) is 23.9 Å². The van der Waals surface area contributed by atoms with Crippen molar-refractivity contribution in [1.82, 2.24) is 4.90 Å². The molecule has 6 heteroatoms. The van der Waals surface area contributed by atoms with Crippen molar-refractivity contribution in [3.8, 4) is 0 Å². The number of hydrogen-bond donors (Lipinski definition) is 0. The lowest BCUT2D eigenvalue weighted by Crippen LogP contribution is -2.35. The summed E-state index contributed by atoms with van der Waals surface area (Å²) < 4.78 is 38.6.